The smallest absolute Gasteiger partial charge is 0.173 e. The van der Waals surface area contributed by atoms with Crippen molar-refractivity contribution in [2.75, 3.05) is 6.61 Å². The van der Waals surface area contributed by atoms with Crippen LogP contribution in [0.3, 0.4) is 0 Å². The number of nitrogens with zero attached hydrogens (tertiary/aromatic N) is 1. The molecular weight excluding hydrogens is 192 g/mol. The van der Waals surface area contributed by atoms with E-state index >= 15 is 0 Å². The van der Waals surface area contributed by atoms with Crippen LogP contribution in [0.1, 0.15) is 24.2 Å². The van der Waals surface area contributed by atoms with E-state index in [-0.39, 0.29) is 5.84 Å². The van der Waals surface area contributed by atoms with Crippen molar-refractivity contribution in [1.29, 1.82) is 0 Å². The lowest BCUT2D eigenvalue weighted by molar-refractivity contribution is 0.106. The first kappa shape index (κ1) is 11.5. The summed E-state index contributed by atoms with van der Waals surface area (Å²) in [5.74, 6) is 0.0701. The molecule has 4 nitrogen and oxygen atoms in total. The Bertz CT molecular complexity index is 333. The molecule has 0 heterocycles. The average Bonchev–Trinajstić information content (AvgIpc) is 2.26. The SMILES string of the molecule is CCOC(/C(N)=N/O)c1ccc(C)cc1. The van der Waals surface area contributed by atoms with Gasteiger partial charge in [-0.25, -0.2) is 0 Å². The van der Waals surface area contributed by atoms with Gasteiger partial charge < -0.3 is 15.7 Å². The number of rotatable bonds is 4. The van der Waals surface area contributed by atoms with Gasteiger partial charge in [0.15, 0.2) is 5.84 Å². The third kappa shape index (κ3) is 2.95. The number of aryl methyl sites for hydroxylation is 1. The minimum Gasteiger partial charge on any atom is -0.409 e. The predicted molar refractivity (Wildman–Crippen MR) is 59.0 cm³/mol. The maximum absolute atomic E-state index is 8.63. The molecule has 0 aliphatic heterocycles. The molecule has 82 valence electrons. The highest BCUT2D eigenvalue weighted by Crippen LogP contribution is 2.18. The highest BCUT2D eigenvalue weighted by Gasteiger charge is 2.16. The van der Waals surface area contributed by atoms with Gasteiger partial charge in [-0.15, -0.1) is 0 Å². The maximum Gasteiger partial charge on any atom is 0.173 e. The summed E-state index contributed by atoms with van der Waals surface area (Å²) >= 11 is 0. The first-order valence-corrected chi connectivity index (χ1v) is 4.84. The van der Waals surface area contributed by atoms with E-state index in [4.69, 9.17) is 15.7 Å². The van der Waals surface area contributed by atoms with Crippen molar-refractivity contribution < 1.29 is 9.94 Å². The third-order valence-electron chi connectivity index (χ3n) is 2.10. The first-order valence-electron chi connectivity index (χ1n) is 4.84. The summed E-state index contributed by atoms with van der Waals surface area (Å²) in [5.41, 5.74) is 7.60. The van der Waals surface area contributed by atoms with Gasteiger partial charge in [-0.2, -0.15) is 0 Å². The summed E-state index contributed by atoms with van der Waals surface area (Å²) in [4.78, 5) is 0. The van der Waals surface area contributed by atoms with Gasteiger partial charge in [0.2, 0.25) is 0 Å². The second-order valence-corrected chi connectivity index (χ2v) is 3.27. The molecule has 0 amide bonds. The zero-order chi connectivity index (χ0) is 11.3. The van der Waals surface area contributed by atoms with E-state index in [9.17, 15) is 0 Å². The molecule has 1 aromatic carbocycles. The Kier molecular flexibility index (Phi) is 4.12. The molecule has 1 atom stereocenters. The molecule has 0 saturated carbocycles. The number of hydrogen-bond acceptors (Lipinski definition) is 3. The van der Waals surface area contributed by atoms with Gasteiger partial charge in [-0.1, -0.05) is 35.0 Å². The topological polar surface area (TPSA) is 67.8 Å². The Hall–Kier alpha value is -1.55. The monoisotopic (exact) mass is 208 g/mol. The van der Waals surface area contributed by atoms with Gasteiger partial charge in [0, 0.05) is 6.61 Å². The molecule has 0 aromatic heterocycles. The molecule has 0 aliphatic carbocycles. The molecule has 1 rings (SSSR count). The van der Waals surface area contributed by atoms with Crippen molar-refractivity contribution >= 4 is 5.84 Å². The number of amidine groups is 1. The average molecular weight is 208 g/mol. The predicted octanol–water partition coefficient (Wildman–Crippen LogP) is 1.82. The lowest BCUT2D eigenvalue weighted by Crippen LogP contribution is -2.24. The van der Waals surface area contributed by atoms with E-state index < -0.39 is 6.10 Å². The van der Waals surface area contributed by atoms with Crippen molar-refractivity contribution in [3.8, 4) is 0 Å². The summed E-state index contributed by atoms with van der Waals surface area (Å²) in [6.45, 7) is 4.38. The molecule has 4 heteroatoms. The van der Waals surface area contributed by atoms with Gasteiger partial charge in [0.05, 0.1) is 0 Å². The highest BCUT2D eigenvalue weighted by atomic mass is 16.5. The molecule has 0 aliphatic rings. The van der Waals surface area contributed by atoms with E-state index in [0.717, 1.165) is 11.1 Å². The van der Waals surface area contributed by atoms with Crippen molar-refractivity contribution in [3.05, 3.63) is 35.4 Å². The Morgan fingerprint density at radius 1 is 1.47 bits per heavy atom. The van der Waals surface area contributed by atoms with Crippen molar-refractivity contribution in [2.24, 2.45) is 10.9 Å². The highest BCUT2D eigenvalue weighted by molar-refractivity contribution is 5.85. The number of oxime groups is 1. The zero-order valence-corrected chi connectivity index (χ0v) is 8.97. The van der Waals surface area contributed by atoms with Crippen LogP contribution >= 0.6 is 0 Å². The summed E-state index contributed by atoms with van der Waals surface area (Å²) in [5, 5.41) is 11.6. The fraction of sp³-hybridized carbons (Fsp3) is 0.364. The Morgan fingerprint density at radius 2 is 2.07 bits per heavy atom. The van der Waals surface area contributed by atoms with Crippen molar-refractivity contribution in [3.63, 3.8) is 0 Å². The molecule has 0 spiro atoms. The Labute approximate surface area is 89.4 Å². The quantitative estimate of drug-likeness (QED) is 0.343. The normalized spacial score (nSPS) is 13.9. The van der Waals surface area contributed by atoms with Gasteiger partial charge >= 0.3 is 0 Å². The van der Waals surface area contributed by atoms with Crippen LogP contribution in [0.25, 0.3) is 0 Å². The number of benzene rings is 1. The summed E-state index contributed by atoms with van der Waals surface area (Å²) in [6, 6.07) is 7.75. The van der Waals surface area contributed by atoms with E-state index in [1.807, 2.05) is 38.1 Å². The third-order valence-corrected chi connectivity index (χ3v) is 2.10. The molecule has 15 heavy (non-hydrogen) atoms. The van der Waals surface area contributed by atoms with Crippen LogP contribution in [0.5, 0.6) is 0 Å². The first-order chi connectivity index (χ1) is 7.19. The number of nitrogens with two attached hydrogens (primary N) is 1. The van der Waals surface area contributed by atoms with Crippen LogP contribution in [-0.4, -0.2) is 17.6 Å². The van der Waals surface area contributed by atoms with Crippen LogP contribution in [0.2, 0.25) is 0 Å². The lowest BCUT2D eigenvalue weighted by atomic mass is 10.1. The van der Waals surface area contributed by atoms with Crippen molar-refractivity contribution in [2.45, 2.75) is 20.0 Å². The summed E-state index contributed by atoms with van der Waals surface area (Å²) in [6.07, 6.45) is -0.472. The van der Waals surface area contributed by atoms with Crippen molar-refractivity contribution in [1.82, 2.24) is 0 Å². The Morgan fingerprint density at radius 3 is 2.53 bits per heavy atom. The molecule has 0 saturated heterocycles. The van der Waals surface area contributed by atoms with Crippen LogP contribution in [-0.2, 0) is 4.74 Å². The molecule has 0 bridgehead atoms. The van der Waals surface area contributed by atoms with Crippen LogP contribution < -0.4 is 5.73 Å². The fourth-order valence-corrected chi connectivity index (χ4v) is 1.31. The lowest BCUT2D eigenvalue weighted by Gasteiger charge is -2.15. The van der Waals surface area contributed by atoms with Crippen LogP contribution in [0.4, 0.5) is 0 Å². The molecule has 3 N–H and O–H groups in total. The number of hydrogen-bond donors (Lipinski definition) is 2. The second kappa shape index (κ2) is 5.36. The number of ether oxygens (including phenoxy) is 1. The molecule has 1 aromatic rings. The standard InChI is InChI=1S/C11H16N2O2/c1-3-15-10(11(12)13-14)9-6-4-8(2)5-7-9/h4-7,10,14H,3H2,1-2H3,(H2,12,13). The van der Waals surface area contributed by atoms with Crippen LogP contribution in [0, 0.1) is 6.92 Å². The Balaban J connectivity index is 2.93. The second-order valence-electron chi connectivity index (χ2n) is 3.27. The van der Waals surface area contributed by atoms with Crippen LogP contribution in [0.15, 0.2) is 29.4 Å². The van der Waals surface area contributed by atoms with E-state index in [1.165, 1.54) is 0 Å². The fourth-order valence-electron chi connectivity index (χ4n) is 1.31. The molecule has 0 fully saturated rings. The van der Waals surface area contributed by atoms with Gasteiger partial charge in [-0.3, -0.25) is 0 Å². The van der Waals surface area contributed by atoms with Gasteiger partial charge in [0.1, 0.15) is 6.10 Å². The summed E-state index contributed by atoms with van der Waals surface area (Å²) in [7, 11) is 0. The zero-order valence-electron chi connectivity index (χ0n) is 8.97. The maximum atomic E-state index is 8.63. The molecule has 0 radical (unpaired) electrons. The van der Waals surface area contributed by atoms with Gasteiger partial charge in [0.25, 0.3) is 0 Å². The van der Waals surface area contributed by atoms with E-state index in [0.29, 0.717) is 6.61 Å². The minimum absolute atomic E-state index is 0.0701. The molecule has 1 unspecified atom stereocenters. The molecular formula is C11H16N2O2. The summed E-state index contributed by atoms with van der Waals surface area (Å²) < 4.78 is 5.40. The van der Waals surface area contributed by atoms with Gasteiger partial charge in [-0.05, 0) is 19.4 Å². The van der Waals surface area contributed by atoms with E-state index in [1.54, 1.807) is 0 Å². The minimum atomic E-state index is -0.472. The van der Waals surface area contributed by atoms with E-state index in [2.05, 4.69) is 5.16 Å². The largest absolute Gasteiger partial charge is 0.409 e.